The molecule has 0 saturated carbocycles. The van der Waals surface area contributed by atoms with Gasteiger partial charge >= 0.3 is 0 Å². The number of benzene rings is 1. The average molecular weight is 293 g/mol. The fraction of sp³-hybridized carbons (Fsp3) is 0.176. The number of aromatic nitrogens is 2. The number of fused-ring (bicyclic) bond motifs is 2. The van der Waals surface area contributed by atoms with E-state index in [1.807, 2.05) is 37.4 Å². The molecular formula is C17H15N3O2. The smallest absolute Gasteiger partial charge is 0.255 e. The first-order chi connectivity index (χ1) is 10.7. The molecule has 3 heterocycles. The molecule has 0 spiro atoms. The number of amides is 1. The number of H-pyrrole nitrogens is 1. The second-order valence-electron chi connectivity index (χ2n) is 5.37. The van der Waals surface area contributed by atoms with Crippen molar-refractivity contribution in [1.82, 2.24) is 15.3 Å². The van der Waals surface area contributed by atoms with Crippen molar-refractivity contribution in [2.45, 2.75) is 6.92 Å². The van der Waals surface area contributed by atoms with Crippen LogP contribution in [0.1, 0.15) is 16.1 Å². The Morgan fingerprint density at radius 1 is 1.18 bits per heavy atom. The highest BCUT2D eigenvalue weighted by atomic mass is 16.5. The molecule has 5 heteroatoms. The van der Waals surface area contributed by atoms with E-state index in [0.29, 0.717) is 24.5 Å². The van der Waals surface area contributed by atoms with Gasteiger partial charge in [0.2, 0.25) is 0 Å². The van der Waals surface area contributed by atoms with Crippen LogP contribution in [0.3, 0.4) is 0 Å². The molecule has 0 fully saturated rings. The highest BCUT2D eigenvalue weighted by Crippen LogP contribution is 2.32. The van der Waals surface area contributed by atoms with Crippen molar-refractivity contribution < 1.29 is 9.53 Å². The summed E-state index contributed by atoms with van der Waals surface area (Å²) < 4.78 is 5.68. The summed E-state index contributed by atoms with van der Waals surface area (Å²) in [5, 5.41) is 3.87. The number of nitrogens with one attached hydrogen (secondary N) is 2. The highest BCUT2D eigenvalue weighted by Gasteiger charge is 2.17. The Kier molecular flexibility index (Phi) is 2.85. The first-order valence-electron chi connectivity index (χ1n) is 7.22. The Labute approximate surface area is 127 Å². The van der Waals surface area contributed by atoms with Gasteiger partial charge in [0.1, 0.15) is 18.0 Å². The van der Waals surface area contributed by atoms with Gasteiger partial charge in [0.05, 0.1) is 12.1 Å². The number of rotatable bonds is 1. The van der Waals surface area contributed by atoms with Gasteiger partial charge in [-0.25, -0.2) is 4.98 Å². The molecule has 1 aromatic carbocycles. The Morgan fingerprint density at radius 2 is 2.09 bits per heavy atom. The van der Waals surface area contributed by atoms with Crippen molar-refractivity contribution in [1.29, 1.82) is 0 Å². The highest BCUT2D eigenvalue weighted by molar-refractivity contribution is 5.99. The van der Waals surface area contributed by atoms with Gasteiger partial charge in [-0.05, 0) is 36.8 Å². The minimum Gasteiger partial charge on any atom is -0.491 e. The number of hydrogen-bond donors (Lipinski definition) is 2. The fourth-order valence-corrected chi connectivity index (χ4v) is 2.76. The molecule has 110 valence electrons. The predicted octanol–water partition coefficient (Wildman–Crippen LogP) is 2.66. The lowest BCUT2D eigenvalue weighted by Crippen LogP contribution is -2.24. The molecule has 4 rings (SSSR count). The van der Waals surface area contributed by atoms with Crippen LogP contribution in [0.5, 0.6) is 5.75 Å². The summed E-state index contributed by atoms with van der Waals surface area (Å²) in [6, 6.07) is 9.72. The number of ether oxygens (including phenoxy) is 1. The van der Waals surface area contributed by atoms with Crippen molar-refractivity contribution >= 4 is 16.9 Å². The molecule has 3 aromatic rings. The summed E-state index contributed by atoms with van der Waals surface area (Å²) in [4.78, 5) is 19.6. The number of carbonyl (C=O) groups excluding carboxylic acids is 1. The van der Waals surface area contributed by atoms with Crippen molar-refractivity contribution in [2.75, 3.05) is 13.2 Å². The Balaban J connectivity index is 1.85. The lowest BCUT2D eigenvalue weighted by molar-refractivity contribution is 0.0957. The fourth-order valence-electron chi connectivity index (χ4n) is 2.76. The first-order valence-corrected chi connectivity index (χ1v) is 7.22. The van der Waals surface area contributed by atoms with Crippen LogP contribution < -0.4 is 10.1 Å². The van der Waals surface area contributed by atoms with E-state index in [-0.39, 0.29) is 5.91 Å². The van der Waals surface area contributed by atoms with Crippen molar-refractivity contribution in [2.24, 2.45) is 0 Å². The molecular weight excluding hydrogens is 278 g/mol. The normalized spacial score (nSPS) is 14.1. The molecule has 0 aliphatic carbocycles. The number of nitrogens with zero attached hydrogens (tertiary/aromatic N) is 1. The standard InChI is InChI=1S/C17H15N3O2/c1-10-2-4-12-14(9-19-16(12)20-10)11-3-5-13-15(8-11)22-7-6-18-17(13)21/h2-5,8-9H,6-7H2,1H3,(H,18,21)(H,19,20). The number of pyridine rings is 1. The van der Waals surface area contributed by atoms with E-state index in [2.05, 4.69) is 21.4 Å². The number of carbonyl (C=O) groups is 1. The predicted molar refractivity (Wildman–Crippen MR) is 84.1 cm³/mol. The van der Waals surface area contributed by atoms with Gasteiger partial charge < -0.3 is 15.0 Å². The van der Waals surface area contributed by atoms with Crippen LogP contribution in [0.15, 0.2) is 36.5 Å². The zero-order valence-corrected chi connectivity index (χ0v) is 12.1. The Hall–Kier alpha value is -2.82. The average Bonchev–Trinajstić information content (AvgIpc) is 2.84. The maximum absolute atomic E-state index is 11.9. The van der Waals surface area contributed by atoms with Gasteiger partial charge in [-0.1, -0.05) is 6.07 Å². The van der Waals surface area contributed by atoms with Crippen LogP contribution >= 0.6 is 0 Å². The zero-order chi connectivity index (χ0) is 15.1. The van der Waals surface area contributed by atoms with Gasteiger partial charge in [-0.2, -0.15) is 0 Å². The molecule has 0 saturated heterocycles. The molecule has 22 heavy (non-hydrogen) atoms. The third kappa shape index (κ3) is 2.02. The molecule has 1 aliphatic rings. The van der Waals surface area contributed by atoms with Gasteiger partial charge in [0, 0.05) is 22.8 Å². The third-order valence-corrected chi connectivity index (χ3v) is 3.86. The second kappa shape index (κ2) is 4.87. The van der Waals surface area contributed by atoms with E-state index in [4.69, 9.17) is 4.74 Å². The molecule has 0 atom stereocenters. The largest absolute Gasteiger partial charge is 0.491 e. The molecule has 2 N–H and O–H groups in total. The Morgan fingerprint density at radius 3 is 3.00 bits per heavy atom. The lowest BCUT2D eigenvalue weighted by Gasteiger charge is -2.08. The number of hydrogen-bond acceptors (Lipinski definition) is 3. The van der Waals surface area contributed by atoms with Crippen LogP contribution in [-0.2, 0) is 0 Å². The molecule has 0 unspecified atom stereocenters. The third-order valence-electron chi connectivity index (χ3n) is 3.86. The summed E-state index contributed by atoms with van der Waals surface area (Å²) in [7, 11) is 0. The molecule has 0 bridgehead atoms. The van der Waals surface area contributed by atoms with Gasteiger partial charge in [0.25, 0.3) is 5.91 Å². The number of aryl methyl sites for hydroxylation is 1. The van der Waals surface area contributed by atoms with Gasteiger partial charge in [-0.3, -0.25) is 4.79 Å². The minimum absolute atomic E-state index is 0.0877. The van der Waals surface area contributed by atoms with Gasteiger partial charge in [0.15, 0.2) is 0 Å². The number of aromatic amines is 1. The van der Waals surface area contributed by atoms with E-state index in [0.717, 1.165) is 27.9 Å². The van der Waals surface area contributed by atoms with Crippen LogP contribution in [0.4, 0.5) is 0 Å². The molecule has 5 nitrogen and oxygen atoms in total. The topological polar surface area (TPSA) is 67.0 Å². The lowest BCUT2D eigenvalue weighted by atomic mass is 10.0. The summed E-state index contributed by atoms with van der Waals surface area (Å²) in [6.45, 7) is 2.98. The van der Waals surface area contributed by atoms with E-state index in [1.165, 1.54) is 0 Å². The van der Waals surface area contributed by atoms with E-state index in [9.17, 15) is 4.79 Å². The maximum Gasteiger partial charge on any atom is 0.255 e. The van der Waals surface area contributed by atoms with Gasteiger partial charge in [-0.15, -0.1) is 0 Å². The van der Waals surface area contributed by atoms with Crippen molar-refractivity contribution in [3.8, 4) is 16.9 Å². The van der Waals surface area contributed by atoms with Crippen LogP contribution in [-0.4, -0.2) is 29.0 Å². The molecule has 1 amide bonds. The summed E-state index contributed by atoms with van der Waals surface area (Å²) in [5.74, 6) is 0.539. The summed E-state index contributed by atoms with van der Waals surface area (Å²) >= 11 is 0. The summed E-state index contributed by atoms with van der Waals surface area (Å²) in [6.07, 6.45) is 1.94. The molecule has 2 aromatic heterocycles. The maximum atomic E-state index is 11.9. The zero-order valence-electron chi connectivity index (χ0n) is 12.1. The molecule has 1 aliphatic heterocycles. The monoisotopic (exact) mass is 293 g/mol. The summed E-state index contributed by atoms with van der Waals surface area (Å²) in [5.41, 5.74) is 4.48. The van der Waals surface area contributed by atoms with Crippen molar-refractivity contribution in [3.05, 3.63) is 47.8 Å². The first kappa shape index (κ1) is 12.9. The van der Waals surface area contributed by atoms with Crippen LogP contribution in [0.2, 0.25) is 0 Å². The van der Waals surface area contributed by atoms with E-state index < -0.39 is 0 Å². The van der Waals surface area contributed by atoms with Crippen LogP contribution in [0.25, 0.3) is 22.2 Å². The quantitative estimate of drug-likeness (QED) is 0.725. The van der Waals surface area contributed by atoms with E-state index in [1.54, 1.807) is 0 Å². The SMILES string of the molecule is Cc1ccc2c(-c3ccc4c(c3)OCCNC4=O)c[nH]c2n1. The molecule has 0 radical (unpaired) electrons. The van der Waals surface area contributed by atoms with Crippen LogP contribution in [0, 0.1) is 6.92 Å². The Bertz CT molecular complexity index is 883. The minimum atomic E-state index is -0.0877. The second-order valence-corrected chi connectivity index (χ2v) is 5.37. The van der Waals surface area contributed by atoms with E-state index >= 15 is 0 Å². The van der Waals surface area contributed by atoms with Crippen molar-refractivity contribution in [3.63, 3.8) is 0 Å².